The molecule has 2 rings (SSSR count). The molecule has 6 heteroatoms. The number of hydrogen-bond acceptors (Lipinski definition) is 4. The average molecular weight is 343 g/mol. The highest BCUT2D eigenvalue weighted by Crippen LogP contribution is 2.13. The summed E-state index contributed by atoms with van der Waals surface area (Å²) in [5.41, 5.74) is 2.09. The van der Waals surface area contributed by atoms with E-state index in [-0.39, 0.29) is 19.1 Å². The Balaban J connectivity index is 1.67. The van der Waals surface area contributed by atoms with Crippen molar-refractivity contribution in [2.24, 2.45) is 0 Å². The summed E-state index contributed by atoms with van der Waals surface area (Å²) in [6.07, 6.45) is 0.662. The highest BCUT2D eigenvalue weighted by molar-refractivity contribution is 5.77. The Morgan fingerprint density at radius 1 is 1.00 bits per heavy atom. The normalized spacial score (nSPS) is 10.1. The zero-order valence-electron chi connectivity index (χ0n) is 14.0. The summed E-state index contributed by atoms with van der Waals surface area (Å²) in [5.74, 6) is -0.0172. The van der Waals surface area contributed by atoms with Crippen LogP contribution in [0.25, 0.3) is 0 Å². The monoisotopic (exact) mass is 343 g/mol. The predicted molar refractivity (Wildman–Crippen MR) is 93.0 cm³/mol. The van der Waals surface area contributed by atoms with Crippen molar-refractivity contribution in [2.45, 2.75) is 13.3 Å². The zero-order chi connectivity index (χ0) is 18.1. The number of aryl methyl sites for hydroxylation is 1. The van der Waals surface area contributed by atoms with E-state index in [1.54, 1.807) is 12.1 Å². The first-order valence-electron chi connectivity index (χ1n) is 7.92. The van der Waals surface area contributed by atoms with Gasteiger partial charge >= 0.3 is 5.97 Å². The number of carbonyl (C=O) groups excluding carboxylic acids is 1. The molecular weight excluding hydrogens is 322 g/mol. The molecule has 0 unspecified atom stereocenters. The van der Waals surface area contributed by atoms with Crippen molar-refractivity contribution in [3.63, 3.8) is 0 Å². The van der Waals surface area contributed by atoms with E-state index >= 15 is 0 Å². The van der Waals surface area contributed by atoms with Gasteiger partial charge in [-0.05, 0) is 48.7 Å². The van der Waals surface area contributed by atoms with Gasteiger partial charge in [0.05, 0.1) is 0 Å². The van der Waals surface area contributed by atoms with Crippen LogP contribution in [-0.4, -0.2) is 36.7 Å². The second-order valence-electron chi connectivity index (χ2n) is 5.53. The Hall–Kier alpha value is -3.02. The lowest BCUT2D eigenvalue weighted by Gasteiger charge is -2.08. The lowest BCUT2D eigenvalue weighted by molar-refractivity contribution is -0.139. The first-order valence-corrected chi connectivity index (χ1v) is 7.92. The third-order valence-corrected chi connectivity index (χ3v) is 3.38. The summed E-state index contributed by atoms with van der Waals surface area (Å²) in [6, 6.07) is 14.6. The number of hydrogen-bond donors (Lipinski definition) is 2. The van der Waals surface area contributed by atoms with Crippen LogP contribution in [-0.2, 0) is 16.0 Å². The number of carboxylic acid groups (broad SMARTS) is 1. The number of aliphatic carboxylic acids is 1. The number of benzene rings is 2. The second kappa shape index (κ2) is 9.32. The Morgan fingerprint density at radius 3 is 2.40 bits per heavy atom. The molecule has 0 saturated carbocycles. The molecular formula is C19H21NO5. The Kier molecular flexibility index (Phi) is 6.83. The van der Waals surface area contributed by atoms with Gasteiger partial charge in [0, 0.05) is 6.54 Å². The number of ether oxygens (including phenoxy) is 2. The summed E-state index contributed by atoms with van der Waals surface area (Å²) in [6.45, 7) is 2.07. The standard InChI is InChI=1S/C19H21NO5/c1-14-3-2-4-17(11-14)24-12-18(21)20-10-9-15-5-7-16(8-6-15)25-13-19(22)23/h2-8,11H,9-10,12-13H2,1H3,(H,20,21)(H,22,23). The first kappa shape index (κ1) is 18.3. The van der Waals surface area contributed by atoms with Gasteiger partial charge in [-0.15, -0.1) is 0 Å². The third-order valence-electron chi connectivity index (χ3n) is 3.38. The lowest BCUT2D eigenvalue weighted by atomic mass is 10.1. The van der Waals surface area contributed by atoms with Crippen LogP contribution >= 0.6 is 0 Å². The summed E-state index contributed by atoms with van der Waals surface area (Å²) in [4.78, 5) is 22.2. The van der Waals surface area contributed by atoms with Crippen molar-refractivity contribution < 1.29 is 24.2 Å². The van der Waals surface area contributed by atoms with Gasteiger partial charge in [-0.2, -0.15) is 0 Å². The maximum atomic E-state index is 11.8. The number of nitrogens with one attached hydrogen (secondary N) is 1. The highest BCUT2D eigenvalue weighted by Gasteiger charge is 2.03. The van der Waals surface area contributed by atoms with Crippen molar-refractivity contribution in [3.8, 4) is 11.5 Å². The smallest absolute Gasteiger partial charge is 0.341 e. The minimum atomic E-state index is -1.01. The molecule has 2 aromatic carbocycles. The Morgan fingerprint density at radius 2 is 1.72 bits per heavy atom. The average Bonchev–Trinajstić information content (AvgIpc) is 2.59. The summed E-state index contributed by atoms with van der Waals surface area (Å²) >= 11 is 0. The van der Waals surface area contributed by atoms with Gasteiger partial charge in [-0.25, -0.2) is 4.79 Å². The molecule has 25 heavy (non-hydrogen) atoms. The second-order valence-corrected chi connectivity index (χ2v) is 5.53. The molecule has 132 valence electrons. The molecule has 0 fully saturated rings. The van der Waals surface area contributed by atoms with Gasteiger partial charge in [0.1, 0.15) is 11.5 Å². The largest absolute Gasteiger partial charge is 0.484 e. The molecule has 0 aliphatic carbocycles. The summed E-state index contributed by atoms with van der Waals surface area (Å²) < 4.78 is 10.5. The zero-order valence-corrected chi connectivity index (χ0v) is 14.0. The first-order chi connectivity index (χ1) is 12.0. The Labute approximate surface area is 146 Å². The molecule has 0 atom stereocenters. The van der Waals surface area contributed by atoms with Crippen LogP contribution in [0.4, 0.5) is 0 Å². The molecule has 6 nitrogen and oxygen atoms in total. The van der Waals surface area contributed by atoms with Gasteiger partial charge in [0.15, 0.2) is 13.2 Å². The van der Waals surface area contributed by atoms with Crippen molar-refractivity contribution in [1.82, 2.24) is 5.32 Å². The van der Waals surface area contributed by atoms with Gasteiger partial charge in [0.25, 0.3) is 5.91 Å². The number of carboxylic acids is 1. The SMILES string of the molecule is Cc1cccc(OCC(=O)NCCc2ccc(OCC(=O)O)cc2)c1. The predicted octanol–water partition coefficient (Wildman–Crippen LogP) is 2.20. The quantitative estimate of drug-likeness (QED) is 0.729. The Bertz CT molecular complexity index is 712. The molecule has 0 bridgehead atoms. The third kappa shape index (κ3) is 6.95. The fraction of sp³-hybridized carbons (Fsp3) is 0.263. The molecule has 1 amide bonds. The highest BCUT2D eigenvalue weighted by atomic mass is 16.5. The van der Waals surface area contributed by atoms with Crippen molar-refractivity contribution in [3.05, 3.63) is 59.7 Å². The van der Waals surface area contributed by atoms with Crippen LogP contribution in [0.3, 0.4) is 0 Å². The minimum Gasteiger partial charge on any atom is -0.484 e. The summed E-state index contributed by atoms with van der Waals surface area (Å²) in [5, 5.41) is 11.3. The maximum absolute atomic E-state index is 11.8. The van der Waals surface area contributed by atoms with Gasteiger partial charge < -0.3 is 19.9 Å². The molecule has 0 aliphatic rings. The van der Waals surface area contributed by atoms with E-state index in [2.05, 4.69) is 5.32 Å². The molecule has 0 aliphatic heterocycles. The van der Waals surface area contributed by atoms with Crippen molar-refractivity contribution in [2.75, 3.05) is 19.8 Å². The van der Waals surface area contributed by atoms with Crippen LogP contribution in [0.1, 0.15) is 11.1 Å². The van der Waals surface area contributed by atoms with Crippen LogP contribution in [0.5, 0.6) is 11.5 Å². The van der Waals surface area contributed by atoms with Crippen LogP contribution < -0.4 is 14.8 Å². The van der Waals surface area contributed by atoms with E-state index in [1.165, 1.54) is 0 Å². The van der Waals surface area contributed by atoms with E-state index in [4.69, 9.17) is 14.6 Å². The molecule has 2 aromatic rings. The van der Waals surface area contributed by atoms with E-state index in [9.17, 15) is 9.59 Å². The van der Waals surface area contributed by atoms with E-state index in [1.807, 2.05) is 43.3 Å². The van der Waals surface area contributed by atoms with Crippen LogP contribution in [0, 0.1) is 6.92 Å². The van der Waals surface area contributed by atoms with Gasteiger partial charge in [0.2, 0.25) is 0 Å². The minimum absolute atomic E-state index is 0.0224. The lowest BCUT2D eigenvalue weighted by Crippen LogP contribution is -2.30. The van der Waals surface area contributed by atoms with E-state index < -0.39 is 5.97 Å². The molecule has 0 heterocycles. The van der Waals surface area contributed by atoms with Gasteiger partial charge in [-0.1, -0.05) is 24.3 Å². The topological polar surface area (TPSA) is 84.9 Å². The number of amides is 1. The van der Waals surface area contributed by atoms with Crippen LogP contribution in [0.15, 0.2) is 48.5 Å². The summed E-state index contributed by atoms with van der Waals surface area (Å²) in [7, 11) is 0. The molecule has 2 N–H and O–H groups in total. The molecule has 0 saturated heterocycles. The fourth-order valence-corrected chi connectivity index (χ4v) is 2.15. The number of rotatable bonds is 9. The van der Waals surface area contributed by atoms with Crippen molar-refractivity contribution in [1.29, 1.82) is 0 Å². The fourth-order valence-electron chi connectivity index (χ4n) is 2.15. The molecule has 0 radical (unpaired) electrons. The molecule has 0 spiro atoms. The maximum Gasteiger partial charge on any atom is 0.341 e. The van der Waals surface area contributed by atoms with Crippen molar-refractivity contribution >= 4 is 11.9 Å². The molecule has 0 aromatic heterocycles. The van der Waals surface area contributed by atoms with Crippen LogP contribution in [0.2, 0.25) is 0 Å². The van der Waals surface area contributed by atoms with Gasteiger partial charge in [-0.3, -0.25) is 4.79 Å². The van der Waals surface area contributed by atoms with E-state index in [0.29, 0.717) is 24.5 Å². The number of carbonyl (C=O) groups is 2. The van der Waals surface area contributed by atoms with E-state index in [0.717, 1.165) is 11.1 Å².